The maximum Gasteiger partial charge on any atom is 0.255 e. The number of carbonyl (C=O) groups excluding carboxylic acids is 1. The number of aliphatic hydroxyl groups is 1. The number of amides is 1. The first-order valence-corrected chi connectivity index (χ1v) is 13.7. The quantitative estimate of drug-likeness (QED) is 0.261. The molecule has 0 spiro atoms. The Morgan fingerprint density at radius 2 is 1.52 bits per heavy atom. The molecule has 0 aliphatic carbocycles. The zero-order valence-corrected chi connectivity index (χ0v) is 22.9. The second kappa shape index (κ2) is 13.0. The van der Waals surface area contributed by atoms with Gasteiger partial charge in [0.25, 0.3) is 5.91 Å². The van der Waals surface area contributed by atoms with E-state index >= 15 is 0 Å². The van der Waals surface area contributed by atoms with E-state index < -0.39 is 6.29 Å². The van der Waals surface area contributed by atoms with Crippen molar-refractivity contribution in [2.75, 3.05) is 18.9 Å². The Morgan fingerprint density at radius 1 is 0.825 bits per heavy atom. The van der Waals surface area contributed by atoms with Crippen molar-refractivity contribution in [2.24, 2.45) is 5.92 Å². The van der Waals surface area contributed by atoms with Crippen LogP contribution in [0.1, 0.15) is 51.9 Å². The van der Waals surface area contributed by atoms with E-state index in [2.05, 4.69) is 48.5 Å². The zero-order valence-electron chi connectivity index (χ0n) is 22.9. The molecule has 0 saturated carbocycles. The van der Waals surface area contributed by atoms with Gasteiger partial charge >= 0.3 is 0 Å². The Hall–Kier alpha value is -3.81. The minimum Gasteiger partial charge on any atom is -0.392 e. The van der Waals surface area contributed by atoms with Crippen LogP contribution < -0.4 is 5.32 Å². The lowest BCUT2D eigenvalue weighted by Gasteiger charge is -2.42. The van der Waals surface area contributed by atoms with Gasteiger partial charge in [0.15, 0.2) is 6.29 Å². The third-order valence-corrected chi connectivity index (χ3v) is 7.36. The van der Waals surface area contributed by atoms with Crippen LogP contribution in [-0.4, -0.2) is 35.6 Å². The molecule has 1 aliphatic rings. The molecule has 4 atom stereocenters. The summed E-state index contributed by atoms with van der Waals surface area (Å²) in [4.78, 5) is 15.0. The van der Waals surface area contributed by atoms with Gasteiger partial charge in [-0.15, -0.1) is 0 Å². The molecular formula is C34H36N2O4. The van der Waals surface area contributed by atoms with E-state index in [9.17, 15) is 9.90 Å². The molecule has 206 valence electrons. The van der Waals surface area contributed by atoms with Gasteiger partial charge < -0.3 is 19.9 Å². The lowest BCUT2D eigenvalue weighted by Crippen LogP contribution is -2.43. The van der Waals surface area contributed by atoms with Crippen LogP contribution in [0.4, 0.5) is 5.69 Å². The largest absolute Gasteiger partial charge is 0.392 e. The van der Waals surface area contributed by atoms with Crippen LogP contribution in [0.5, 0.6) is 0 Å². The summed E-state index contributed by atoms with van der Waals surface area (Å²) in [5, 5.41) is 12.5. The van der Waals surface area contributed by atoms with Crippen LogP contribution in [-0.2, 0) is 22.6 Å². The molecule has 0 aromatic heterocycles. The lowest BCUT2D eigenvalue weighted by atomic mass is 9.90. The van der Waals surface area contributed by atoms with Crippen molar-refractivity contribution in [3.63, 3.8) is 0 Å². The number of aliphatic hydroxyl groups excluding tert-OH is 1. The molecule has 0 unspecified atom stereocenters. The monoisotopic (exact) mass is 536 g/mol. The number of nitrogens with zero attached hydrogens (tertiary/aromatic N) is 1. The molecule has 1 saturated heterocycles. The number of hydrogen-bond donors (Lipinski definition) is 2. The van der Waals surface area contributed by atoms with Gasteiger partial charge in [-0.25, -0.2) is 0 Å². The van der Waals surface area contributed by atoms with Crippen LogP contribution in [0.3, 0.4) is 0 Å². The number of anilines is 1. The van der Waals surface area contributed by atoms with Crippen molar-refractivity contribution in [1.82, 2.24) is 4.90 Å². The fourth-order valence-electron chi connectivity index (χ4n) is 5.15. The van der Waals surface area contributed by atoms with Gasteiger partial charge in [-0.2, -0.15) is 0 Å². The third kappa shape index (κ3) is 6.84. The minimum atomic E-state index is -0.609. The van der Waals surface area contributed by atoms with E-state index in [1.807, 2.05) is 72.8 Å². The number of likely N-dealkylation sites (N-methyl/N-ethyl adjacent to an activating group) is 1. The number of carbonyl (C=O) groups is 1. The fourth-order valence-corrected chi connectivity index (χ4v) is 5.15. The highest BCUT2D eigenvalue weighted by Crippen LogP contribution is 2.42. The molecule has 1 fully saturated rings. The topological polar surface area (TPSA) is 71.0 Å². The Labute approximate surface area is 236 Å². The Morgan fingerprint density at radius 3 is 2.23 bits per heavy atom. The number of rotatable bonds is 9. The van der Waals surface area contributed by atoms with Crippen molar-refractivity contribution >= 4 is 11.6 Å². The maximum atomic E-state index is 12.8. The first-order valence-electron chi connectivity index (χ1n) is 13.7. The first-order chi connectivity index (χ1) is 19.5. The van der Waals surface area contributed by atoms with Crippen molar-refractivity contribution in [2.45, 2.75) is 38.6 Å². The van der Waals surface area contributed by atoms with E-state index in [0.29, 0.717) is 11.3 Å². The summed E-state index contributed by atoms with van der Waals surface area (Å²) in [5.41, 5.74) is 5.27. The average Bonchev–Trinajstić information content (AvgIpc) is 2.99. The predicted octanol–water partition coefficient (Wildman–Crippen LogP) is 6.35. The second-order valence-corrected chi connectivity index (χ2v) is 10.4. The zero-order chi connectivity index (χ0) is 27.9. The van der Waals surface area contributed by atoms with Crippen LogP contribution in [0.15, 0.2) is 109 Å². The molecule has 4 aromatic rings. The normalized spacial score (nSPS) is 20.8. The molecule has 0 bridgehead atoms. The van der Waals surface area contributed by atoms with Crippen molar-refractivity contribution in [3.05, 3.63) is 137 Å². The van der Waals surface area contributed by atoms with Crippen molar-refractivity contribution in [1.29, 1.82) is 0 Å². The van der Waals surface area contributed by atoms with E-state index in [4.69, 9.17) is 9.47 Å². The Kier molecular flexibility index (Phi) is 9.04. The van der Waals surface area contributed by atoms with Gasteiger partial charge in [-0.3, -0.25) is 9.69 Å². The molecular weight excluding hydrogens is 500 g/mol. The van der Waals surface area contributed by atoms with E-state index in [1.165, 1.54) is 5.56 Å². The molecule has 5 rings (SSSR count). The van der Waals surface area contributed by atoms with Gasteiger partial charge in [-0.05, 0) is 48.0 Å². The van der Waals surface area contributed by atoms with Crippen molar-refractivity contribution < 1.29 is 19.4 Å². The molecule has 6 heteroatoms. The van der Waals surface area contributed by atoms with E-state index in [0.717, 1.165) is 29.8 Å². The summed E-state index contributed by atoms with van der Waals surface area (Å²) in [6, 6.07) is 35.1. The minimum absolute atomic E-state index is 0.00148. The molecule has 1 aliphatic heterocycles. The number of nitrogens with one attached hydrogen (secondary N) is 1. The highest BCUT2D eigenvalue weighted by molar-refractivity contribution is 6.04. The third-order valence-electron chi connectivity index (χ3n) is 7.36. The van der Waals surface area contributed by atoms with Gasteiger partial charge in [0.1, 0.15) is 0 Å². The van der Waals surface area contributed by atoms with Crippen LogP contribution >= 0.6 is 0 Å². The lowest BCUT2D eigenvalue weighted by molar-refractivity contribution is -0.276. The average molecular weight is 537 g/mol. The molecule has 4 aromatic carbocycles. The number of benzene rings is 4. The molecule has 40 heavy (non-hydrogen) atoms. The van der Waals surface area contributed by atoms with E-state index in [1.54, 1.807) is 12.1 Å². The summed E-state index contributed by atoms with van der Waals surface area (Å²) in [6.45, 7) is 3.71. The highest BCUT2D eigenvalue weighted by Gasteiger charge is 2.38. The second-order valence-electron chi connectivity index (χ2n) is 10.4. The SMILES string of the molecule is C[C@@H]1[C@H](CN(C)Cc2ccccc2)O[C@H](c2cccc(NC(=O)c3ccccc3)c2)O[C@@H]1c1ccc(CO)cc1. The number of hydrogen-bond acceptors (Lipinski definition) is 5. The standard InChI is InChI=1S/C34H36N2O4/c1-24-31(22-36(2)21-25-10-5-3-6-11-25)39-34(40-32(24)27-18-16-26(23-37)17-19-27)29-14-9-15-30(20-29)35-33(38)28-12-7-4-8-13-28/h3-20,24,31-32,34,37H,21-23H2,1-2H3,(H,35,38)/t24-,31+,32+,34+/m1/s1. The van der Waals surface area contributed by atoms with Gasteiger partial charge in [0.2, 0.25) is 0 Å². The van der Waals surface area contributed by atoms with Crippen LogP contribution in [0.2, 0.25) is 0 Å². The van der Waals surface area contributed by atoms with Gasteiger partial charge in [0.05, 0.1) is 18.8 Å². The summed E-state index contributed by atoms with van der Waals surface area (Å²) >= 11 is 0. The molecule has 0 radical (unpaired) electrons. The van der Waals surface area contributed by atoms with Gasteiger partial charge in [-0.1, -0.05) is 91.9 Å². The Bertz CT molecular complexity index is 1380. The maximum absolute atomic E-state index is 12.8. The number of ether oxygens (including phenoxy) is 2. The van der Waals surface area contributed by atoms with Crippen molar-refractivity contribution in [3.8, 4) is 0 Å². The predicted molar refractivity (Wildman–Crippen MR) is 157 cm³/mol. The molecule has 6 nitrogen and oxygen atoms in total. The molecule has 2 N–H and O–H groups in total. The summed E-state index contributed by atoms with van der Waals surface area (Å²) in [7, 11) is 2.11. The van der Waals surface area contributed by atoms with Crippen LogP contribution in [0, 0.1) is 5.92 Å². The van der Waals surface area contributed by atoms with Crippen LogP contribution in [0.25, 0.3) is 0 Å². The van der Waals surface area contributed by atoms with E-state index in [-0.39, 0.29) is 30.6 Å². The summed E-state index contributed by atoms with van der Waals surface area (Å²) in [6.07, 6.45) is -0.913. The summed E-state index contributed by atoms with van der Waals surface area (Å²) < 4.78 is 13.2. The summed E-state index contributed by atoms with van der Waals surface area (Å²) in [5.74, 6) is -0.0884. The fraction of sp³-hybridized carbons (Fsp3) is 0.265. The van der Waals surface area contributed by atoms with Gasteiger partial charge in [0, 0.05) is 35.8 Å². The Balaban J connectivity index is 1.38. The first kappa shape index (κ1) is 27.7. The smallest absolute Gasteiger partial charge is 0.255 e. The molecule has 1 amide bonds. The highest BCUT2D eigenvalue weighted by atomic mass is 16.7. The molecule has 1 heterocycles.